The van der Waals surface area contributed by atoms with Crippen LogP contribution < -0.4 is 0 Å². The second kappa shape index (κ2) is 5.98. The van der Waals surface area contributed by atoms with Gasteiger partial charge in [-0.3, -0.25) is 4.98 Å². The van der Waals surface area contributed by atoms with Crippen molar-refractivity contribution in [2.24, 2.45) is 0 Å². The van der Waals surface area contributed by atoms with E-state index < -0.39 is 6.10 Å². The first kappa shape index (κ1) is 13.1. The Morgan fingerprint density at radius 2 is 1.94 bits per heavy atom. The molecule has 1 aromatic carbocycles. The fourth-order valence-corrected chi connectivity index (χ4v) is 2.35. The molecule has 0 saturated carbocycles. The third-order valence-corrected chi connectivity index (χ3v) is 3.63. The molecule has 0 amide bonds. The zero-order chi connectivity index (χ0) is 13.0. The number of pyridine rings is 1. The topological polar surface area (TPSA) is 33.1 Å². The lowest BCUT2D eigenvalue weighted by Gasteiger charge is -2.10. The van der Waals surface area contributed by atoms with Crippen LogP contribution >= 0.6 is 11.8 Å². The van der Waals surface area contributed by atoms with Gasteiger partial charge in [0, 0.05) is 22.5 Å². The number of rotatable bonds is 4. The van der Waals surface area contributed by atoms with Crippen molar-refractivity contribution in [3.05, 3.63) is 59.7 Å². The summed E-state index contributed by atoms with van der Waals surface area (Å²) in [5, 5.41) is 9.99. The molecule has 0 aliphatic rings. The maximum Gasteiger partial charge on any atom is 0.123 e. The van der Waals surface area contributed by atoms with E-state index in [9.17, 15) is 9.50 Å². The second-order valence-electron chi connectivity index (χ2n) is 4.01. The van der Waals surface area contributed by atoms with E-state index in [1.165, 1.54) is 23.9 Å². The first-order chi connectivity index (χ1) is 8.65. The quantitative estimate of drug-likeness (QED) is 0.859. The van der Waals surface area contributed by atoms with Gasteiger partial charge in [0.2, 0.25) is 0 Å². The van der Waals surface area contributed by atoms with Crippen molar-refractivity contribution in [3.8, 4) is 0 Å². The Morgan fingerprint density at radius 1 is 1.22 bits per heavy atom. The van der Waals surface area contributed by atoms with Crippen molar-refractivity contribution in [1.29, 1.82) is 0 Å². The van der Waals surface area contributed by atoms with Crippen molar-refractivity contribution in [2.75, 3.05) is 5.75 Å². The van der Waals surface area contributed by atoms with Crippen LogP contribution in [0, 0.1) is 12.7 Å². The zero-order valence-corrected chi connectivity index (χ0v) is 10.8. The minimum Gasteiger partial charge on any atom is -0.387 e. The van der Waals surface area contributed by atoms with Gasteiger partial charge in [-0.2, -0.15) is 0 Å². The molecule has 18 heavy (non-hydrogen) atoms. The van der Waals surface area contributed by atoms with Gasteiger partial charge in [0.05, 0.1) is 6.10 Å². The van der Waals surface area contributed by atoms with Crippen LogP contribution in [0.2, 0.25) is 0 Å². The highest BCUT2D eigenvalue weighted by molar-refractivity contribution is 7.99. The second-order valence-corrected chi connectivity index (χ2v) is 5.11. The number of benzene rings is 1. The third-order valence-electron chi connectivity index (χ3n) is 2.54. The largest absolute Gasteiger partial charge is 0.387 e. The summed E-state index contributed by atoms with van der Waals surface area (Å²) in [6.07, 6.45) is 1.12. The molecule has 0 radical (unpaired) electrons. The molecule has 0 bridgehead atoms. The lowest BCUT2D eigenvalue weighted by Crippen LogP contribution is -2.01. The summed E-state index contributed by atoms with van der Waals surface area (Å²) >= 11 is 1.49. The SMILES string of the molecule is Cc1ccc(C(O)CSc2ccc(F)cc2)cn1. The van der Waals surface area contributed by atoms with Gasteiger partial charge in [-0.05, 0) is 42.8 Å². The highest BCUT2D eigenvalue weighted by Gasteiger charge is 2.08. The van der Waals surface area contributed by atoms with Gasteiger partial charge >= 0.3 is 0 Å². The summed E-state index contributed by atoms with van der Waals surface area (Å²) in [5.41, 5.74) is 1.73. The summed E-state index contributed by atoms with van der Waals surface area (Å²) in [6, 6.07) is 10.0. The Hall–Kier alpha value is -1.39. The van der Waals surface area contributed by atoms with Crippen LogP contribution in [0.1, 0.15) is 17.4 Å². The molecule has 1 unspecified atom stereocenters. The molecular formula is C14H14FNOS. The normalized spacial score (nSPS) is 12.4. The van der Waals surface area contributed by atoms with E-state index in [1.807, 2.05) is 19.1 Å². The first-order valence-corrected chi connectivity index (χ1v) is 6.63. The van der Waals surface area contributed by atoms with Crippen LogP contribution in [-0.4, -0.2) is 15.8 Å². The van der Waals surface area contributed by atoms with Crippen LogP contribution in [0.25, 0.3) is 0 Å². The number of aromatic nitrogens is 1. The molecule has 2 nitrogen and oxygen atoms in total. The number of hydrogen-bond donors (Lipinski definition) is 1. The van der Waals surface area contributed by atoms with E-state index in [0.29, 0.717) is 5.75 Å². The van der Waals surface area contributed by atoms with Crippen LogP contribution in [0.5, 0.6) is 0 Å². The number of nitrogens with zero attached hydrogens (tertiary/aromatic N) is 1. The highest BCUT2D eigenvalue weighted by Crippen LogP contribution is 2.24. The van der Waals surface area contributed by atoms with Crippen molar-refractivity contribution in [2.45, 2.75) is 17.9 Å². The highest BCUT2D eigenvalue weighted by atomic mass is 32.2. The van der Waals surface area contributed by atoms with E-state index in [1.54, 1.807) is 18.3 Å². The predicted molar refractivity (Wildman–Crippen MR) is 71.1 cm³/mol. The maximum absolute atomic E-state index is 12.7. The third kappa shape index (κ3) is 3.55. The molecule has 1 heterocycles. The molecule has 1 aromatic heterocycles. The van der Waals surface area contributed by atoms with E-state index in [4.69, 9.17) is 0 Å². The molecule has 0 spiro atoms. The van der Waals surface area contributed by atoms with E-state index in [0.717, 1.165) is 16.2 Å². The molecule has 0 aliphatic heterocycles. The van der Waals surface area contributed by atoms with E-state index in [-0.39, 0.29) is 5.82 Å². The Labute approximate surface area is 110 Å². The van der Waals surface area contributed by atoms with Crippen molar-refractivity contribution in [1.82, 2.24) is 4.98 Å². The summed E-state index contributed by atoms with van der Waals surface area (Å²) in [7, 11) is 0. The smallest absolute Gasteiger partial charge is 0.123 e. The molecule has 1 atom stereocenters. The van der Waals surface area contributed by atoms with E-state index in [2.05, 4.69) is 4.98 Å². The molecule has 2 rings (SSSR count). The number of halogens is 1. The number of thioether (sulfide) groups is 1. The van der Waals surface area contributed by atoms with Crippen molar-refractivity contribution in [3.63, 3.8) is 0 Å². The van der Waals surface area contributed by atoms with Crippen LogP contribution in [-0.2, 0) is 0 Å². The summed E-state index contributed by atoms with van der Waals surface area (Å²) < 4.78 is 12.7. The zero-order valence-electron chi connectivity index (χ0n) is 10.0. The van der Waals surface area contributed by atoms with Crippen molar-refractivity contribution >= 4 is 11.8 Å². The van der Waals surface area contributed by atoms with Crippen LogP contribution in [0.4, 0.5) is 4.39 Å². The average Bonchev–Trinajstić information content (AvgIpc) is 2.38. The summed E-state index contributed by atoms with van der Waals surface area (Å²) in [5.74, 6) is 0.277. The standard InChI is InChI=1S/C14H14FNOS/c1-10-2-3-11(8-16-10)14(17)9-18-13-6-4-12(15)5-7-13/h2-8,14,17H,9H2,1H3. The molecule has 1 N–H and O–H groups in total. The summed E-state index contributed by atoms with van der Waals surface area (Å²) in [6.45, 7) is 1.91. The fraction of sp³-hybridized carbons (Fsp3) is 0.214. The Morgan fingerprint density at radius 3 is 2.56 bits per heavy atom. The molecule has 2 aromatic rings. The van der Waals surface area contributed by atoms with E-state index >= 15 is 0 Å². The fourth-order valence-electron chi connectivity index (χ4n) is 1.48. The average molecular weight is 263 g/mol. The van der Waals surface area contributed by atoms with Gasteiger partial charge in [0.25, 0.3) is 0 Å². The van der Waals surface area contributed by atoms with Crippen molar-refractivity contribution < 1.29 is 9.50 Å². The van der Waals surface area contributed by atoms with Gasteiger partial charge in [-0.1, -0.05) is 6.07 Å². The minimum atomic E-state index is -0.562. The lowest BCUT2D eigenvalue weighted by atomic mass is 10.2. The molecule has 0 fully saturated rings. The Balaban J connectivity index is 1.93. The number of aliphatic hydroxyl groups is 1. The van der Waals surface area contributed by atoms with Gasteiger partial charge < -0.3 is 5.11 Å². The van der Waals surface area contributed by atoms with Gasteiger partial charge in [-0.15, -0.1) is 11.8 Å². The van der Waals surface area contributed by atoms with Crippen LogP contribution in [0.15, 0.2) is 47.5 Å². The first-order valence-electron chi connectivity index (χ1n) is 5.64. The maximum atomic E-state index is 12.7. The Bertz CT molecular complexity index is 498. The van der Waals surface area contributed by atoms with Gasteiger partial charge in [0.15, 0.2) is 0 Å². The van der Waals surface area contributed by atoms with Gasteiger partial charge in [-0.25, -0.2) is 4.39 Å². The predicted octanol–water partition coefficient (Wildman–Crippen LogP) is 3.35. The monoisotopic (exact) mass is 263 g/mol. The number of aryl methyl sites for hydroxylation is 1. The Kier molecular flexibility index (Phi) is 4.33. The minimum absolute atomic E-state index is 0.248. The molecular weight excluding hydrogens is 249 g/mol. The molecule has 0 aliphatic carbocycles. The molecule has 4 heteroatoms. The lowest BCUT2D eigenvalue weighted by molar-refractivity contribution is 0.203. The number of aliphatic hydroxyl groups excluding tert-OH is 1. The molecule has 94 valence electrons. The van der Waals surface area contributed by atoms with Gasteiger partial charge in [0.1, 0.15) is 5.82 Å². The summed E-state index contributed by atoms with van der Waals surface area (Å²) in [4.78, 5) is 5.09. The van der Waals surface area contributed by atoms with Crippen LogP contribution in [0.3, 0.4) is 0 Å². The number of hydrogen-bond acceptors (Lipinski definition) is 3. The molecule has 0 saturated heterocycles.